The number of nitrogens with zero attached hydrogens (tertiary/aromatic N) is 3. The highest BCUT2D eigenvalue weighted by molar-refractivity contribution is 5.41. The summed E-state index contributed by atoms with van der Waals surface area (Å²) >= 11 is 0. The molecule has 0 saturated carbocycles. The average molecular weight is 307 g/mol. The highest BCUT2D eigenvalue weighted by Gasteiger charge is 2.31. The van der Waals surface area contributed by atoms with Gasteiger partial charge in [0.25, 0.3) is 0 Å². The van der Waals surface area contributed by atoms with Gasteiger partial charge in [0, 0.05) is 13.6 Å². The minimum Gasteiger partial charge on any atom is -0.404 e. The molecule has 0 unspecified atom stereocenters. The van der Waals surface area contributed by atoms with Crippen molar-refractivity contribution in [1.29, 1.82) is 5.26 Å². The van der Waals surface area contributed by atoms with Crippen LogP contribution < -0.4 is 9.64 Å². The van der Waals surface area contributed by atoms with E-state index in [0.29, 0.717) is 17.9 Å². The fraction of sp³-hybridized carbons (Fsp3) is 0.200. The van der Waals surface area contributed by atoms with Gasteiger partial charge in [-0.2, -0.15) is 5.26 Å². The second kappa shape index (κ2) is 6.35. The van der Waals surface area contributed by atoms with E-state index in [2.05, 4.69) is 9.72 Å². The minimum absolute atomic E-state index is 0.358. The summed E-state index contributed by atoms with van der Waals surface area (Å²) in [5.41, 5.74) is 1.53. The summed E-state index contributed by atoms with van der Waals surface area (Å²) < 4.78 is 40.0. The molecule has 1 aromatic heterocycles. The number of alkyl halides is 3. The van der Waals surface area contributed by atoms with E-state index >= 15 is 0 Å². The van der Waals surface area contributed by atoms with Crippen LogP contribution in [0.4, 0.5) is 19.0 Å². The summed E-state index contributed by atoms with van der Waals surface area (Å²) in [6, 6.07) is 11.7. The van der Waals surface area contributed by atoms with Crippen LogP contribution >= 0.6 is 0 Å². The molecule has 0 aliphatic carbocycles. The molecular weight excluding hydrogens is 295 g/mol. The lowest BCUT2D eigenvalue weighted by molar-refractivity contribution is -0.274. The van der Waals surface area contributed by atoms with Crippen LogP contribution in [0.1, 0.15) is 11.1 Å². The molecule has 0 fully saturated rings. The second-order valence-corrected chi connectivity index (χ2v) is 4.56. The number of nitriles is 1. The van der Waals surface area contributed by atoms with Crippen LogP contribution in [0.15, 0.2) is 42.6 Å². The van der Waals surface area contributed by atoms with E-state index in [0.717, 1.165) is 11.8 Å². The van der Waals surface area contributed by atoms with Crippen molar-refractivity contribution < 1.29 is 17.9 Å². The predicted octanol–water partition coefficient (Wildman–Crippen LogP) is 3.49. The first-order valence-electron chi connectivity index (χ1n) is 6.29. The van der Waals surface area contributed by atoms with Crippen molar-refractivity contribution in [2.24, 2.45) is 0 Å². The molecule has 0 aliphatic rings. The van der Waals surface area contributed by atoms with E-state index in [1.165, 1.54) is 12.1 Å². The molecule has 0 aliphatic heterocycles. The Morgan fingerprint density at radius 1 is 1.18 bits per heavy atom. The molecule has 0 radical (unpaired) electrons. The molecule has 0 saturated heterocycles. The summed E-state index contributed by atoms with van der Waals surface area (Å²) in [5.74, 6) is 0.155. The number of pyridine rings is 1. The number of rotatable bonds is 4. The molecule has 0 spiro atoms. The van der Waals surface area contributed by atoms with Gasteiger partial charge in [-0.25, -0.2) is 4.98 Å². The van der Waals surface area contributed by atoms with Gasteiger partial charge in [0.15, 0.2) is 0 Å². The number of ether oxygens (including phenoxy) is 1. The summed E-state index contributed by atoms with van der Waals surface area (Å²) in [4.78, 5) is 5.72. The molecular formula is C15H12F3N3O. The van der Waals surface area contributed by atoms with Crippen molar-refractivity contribution in [3.63, 3.8) is 0 Å². The first kappa shape index (κ1) is 15.6. The van der Waals surface area contributed by atoms with E-state index in [-0.39, 0.29) is 5.75 Å². The highest BCUT2D eigenvalue weighted by Crippen LogP contribution is 2.23. The fourth-order valence-corrected chi connectivity index (χ4v) is 1.83. The van der Waals surface area contributed by atoms with Crippen LogP contribution in [0.25, 0.3) is 0 Å². The lowest BCUT2D eigenvalue weighted by Gasteiger charge is -2.18. The molecule has 2 aromatic rings. The zero-order chi connectivity index (χ0) is 16.2. The third-order valence-electron chi connectivity index (χ3n) is 2.85. The van der Waals surface area contributed by atoms with E-state index in [1.807, 2.05) is 18.2 Å². The zero-order valence-electron chi connectivity index (χ0n) is 11.6. The topological polar surface area (TPSA) is 49.2 Å². The van der Waals surface area contributed by atoms with E-state index in [1.54, 1.807) is 24.1 Å². The van der Waals surface area contributed by atoms with Crippen molar-refractivity contribution in [3.8, 4) is 11.8 Å². The number of aromatic nitrogens is 1. The highest BCUT2D eigenvalue weighted by atomic mass is 19.4. The summed E-state index contributed by atoms with van der Waals surface area (Å²) in [6.45, 7) is 0.512. The van der Waals surface area contributed by atoms with Gasteiger partial charge in [-0.3, -0.25) is 0 Å². The molecule has 1 heterocycles. The Kier molecular flexibility index (Phi) is 4.51. The van der Waals surface area contributed by atoms with Gasteiger partial charge >= 0.3 is 6.36 Å². The SMILES string of the molecule is CN(Cc1ccc(C#N)cc1)c1ccc(OC(F)(F)F)cn1. The normalized spacial score (nSPS) is 10.9. The number of benzene rings is 1. The molecule has 0 atom stereocenters. The van der Waals surface area contributed by atoms with Crippen molar-refractivity contribution in [1.82, 2.24) is 4.98 Å². The molecule has 4 nitrogen and oxygen atoms in total. The Balaban J connectivity index is 2.03. The van der Waals surface area contributed by atoms with E-state index in [9.17, 15) is 13.2 Å². The molecule has 22 heavy (non-hydrogen) atoms. The van der Waals surface area contributed by atoms with Gasteiger partial charge in [0.05, 0.1) is 17.8 Å². The maximum Gasteiger partial charge on any atom is 0.573 e. The van der Waals surface area contributed by atoms with Crippen LogP contribution in [-0.4, -0.2) is 18.4 Å². The molecule has 7 heteroatoms. The van der Waals surface area contributed by atoms with Gasteiger partial charge in [0.2, 0.25) is 0 Å². The molecule has 114 valence electrons. The van der Waals surface area contributed by atoms with Crippen LogP contribution in [-0.2, 0) is 6.54 Å². The van der Waals surface area contributed by atoms with Crippen molar-refractivity contribution in [2.75, 3.05) is 11.9 Å². The van der Waals surface area contributed by atoms with Crippen molar-refractivity contribution >= 4 is 5.82 Å². The molecule has 0 amide bonds. The number of hydrogen-bond acceptors (Lipinski definition) is 4. The minimum atomic E-state index is -4.72. The first-order chi connectivity index (χ1) is 10.4. The summed E-state index contributed by atoms with van der Waals surface area (Å²) in [7, 11) is 1.77. The maximum atomic E-state index is 12.1. The maximum absolute atomic E-state index is 12.1. The van der Waals surface area contributed by atoms with Crippen molar-refractivity contribution in [2.45, 2.75) is 12.9 Å². The third kappa shape index (κ3) is 4.38. The Morgan fingerprint density at radius 3 is 2.36 bits per heavy atom. The largest absolute Gasteiger partial charge is 0.573 e. The van der Waals surface area contributed by atoms with Gasteiger partial charge in [-0.15, -0.1) is 13.2 Å². The van der Waals surface area contributed by atoms with Gasteiger partial charge in [-0.05, 0) is 29.8 Å². The molecule has 0 bridgehead atoms. The Hall–Kier alpha value is -2.75. The standard InChI is InChI=1S/C15H12F3N3O/c1-21(10-12-4-2-11(8-19)3-5-12)14-7-6-13(9-20-14)22-15(16,17)18/h2-7,9H,10H2,1H3. The first-order valence-corrected chi connectivity index (χ1v) is 6.29. The summed E-state index contributed by atoms with van der Waals surface area (Å²) in [6.07, 6.45) is -3.70. The predicted molar refractivity (Wildman–Crippen MR) is 74.2 cm³/mol. The lowest BCUT2D eigenvalue weighted by atomic mass is 10.1. The number of hydrogen-bond donors (Lipinski definition) is 0. The third-order valence-corrected chi connectivity index (χ3v) is 2.85. The molecule has 1 aromatic carbocycles. The molecule has 0 N–H and O–H groups in total. The van der Waals surface area contributed by atoms with Crippen molar-refractivity contribution in [3.05, 3.63) is 53.7 Å². The van der Waals surface area contributed by atoms with Crippen LogP contribution in [0, 0.1) is 11.3 Å². The van der Waals surface area contributed by atoms with Crippen LogP contribution in [0.2, 0.25) is 0 Å². The Morgan fingerprint density at radius 2 is 1.86 bits per heavy atom. The van der Waals surface area contributed by atoms with E-state index in [4.69, 9.17) is 5.26 Å². The zero-order valence-corrected chi connectivity index (χ0v) is 11.6. The van der Waals surface area contributed by atoms with Gasteiger partial charge in [0.1, 0.15) is 11.6 Å². The smallest absolute Gasteiger partial charge is 0.404 e. The average Bonchev–Trinajstić information content (AvgIpc) is 2.47. The number of halogens is 3. The summed E-state index contributed by atoms with van der Waals surface area (Å²) in [5, 5.41) is 8.73. The number of anilines is 1. The van der Waals surface area contributed by atoms with E-state index < -0.39 is 6.36 Å². The van der Waals surface area contributed by atoms with Gasteiger partial charge in [-0.1, -0.05) is 12.1 Å². The van der Waals surface area contributed by atoms with Crippen LogP contribution in [0.3, 0.4) is 0 Å². The Bertz CT molecular complexity index is 660. The Labute approximate surface area is 125 Å². The van der Waals surface area contributed by atoms with Gasteiger partial charge < -0.3 is 9.64 Å². The monoisotopic (exact) mass is 307 g/mol. The quantitative estimate of drug-likeness (QED) is 0.867. The molecule has 2 rings (SSSR count). The lowest BCUT2D eigenvalue weighted by Crippen LogP contribution is -2.19. The van der Waals surface area contributed by atoms with Crippen LogP contribution in [0.5, 0.6) is 5.75 Å². The second-order valence-electron chi connectivity index (χ2n) is 4.56. The fourth-order valence-electron chi connectivity index (χ4n) is 1.83.